The van der Waals surface area contributed by atoms with Crippen molar-refractivity contribution in [2.24, 2.45) is 0 Å². The number of alkyl halides is 2. The number of hydrogen-bond donors (Lipinski definition) is 2. The minimum absolute atomic E-state index is 0.0721. The SMILES string of the molecule is COCCCNC(=O)CNCC(F)F. The van der Waals surface area contributed by atoms with Crippen molar-refractivity contribution in [1.29, 1.82) is 0 Å². The highest BCUT2D eigenvalue weighted by Crippen LogP contribution is 1.86. The van der Waals surface area contributed by atoms with E-state index in [0.717, 1.165) is 6.42 Å². The number of nitrogens with one attached hydrogen (secondary N) is 2. The Kier molecular flexibility index (Phi) is 8.36. The maximum absolute atomic E-state index is 11.6. The Morgan fingerprint density at radius 3 is 2.79 bits per heavy atom. The van der Waals surface area contributed by atoms with E-state index in [0.29, 0.717) is 13.2 Å². The van der Waals surface area contributed by atoms with Gasteiger partial charge in [-0.15, -0.1) is 0 Å². The van der Waals surface area contributed by atoms with Gasteiger partial charge < -0.3 is 15.4 Å². The average Bonchev–Trinajstić information content (AvgIpc) is 2.12. The molecule has 0 spiro atoms. The summed E-state index contributed by atoms with van der Waals surface area (Å²) in [5.74, 6) is -0.276. The van der Waals surface area contributed by atoms with Gasteiger partial charge in [-0.2, -0.15) is 0 Å². The van der Waals surface area contributed by atoms with Gasteiger partial charge in [-0.1, -0.05) is 0 Å². The summed E-state index contributed by atoms with van der Waals surface area (Å²) in [6, 6.07) is 0. The molecule has 0 radical (unpaired) electrons. The van der Waals surface area contributed by atoms with Crippen molar-refractivity contribution in [2.75, 3.05) is 33.4 Å². The van der Waals surface area contributed by atoms with Crippen LogP contribution in [0.1, 0.15) is 6.42 Å². The van der Waals surface area contributed by atoms with Crippen LogP contribution in [-0.2, 0) is 9.53 Å². The molecule has 14 heavy (non-hydrogen) atoms. The molecule has 0 unspecified atom stereocenters. The van der Waals surface area contributed by atoms with E-state index in [2.05, 4.69) is 10.6 Å². The van der Waals surface area contributed by atoms with Gasteiger partial charge in [0, 0.05) is 20.3 Å². The van der Waals surface area contributed by atoms with Crippen molar-refractivity contribution in [1.82, 2.24) is 10.6 Å². The van der Waals surface area contributed by atoms with Gasteiger partial charge in [0.25, 0.3) is 6.43 Å². The molecule has 0 aromatic heterocycles. The molecule has 0 aliphatic rings. The van der Waals surface area contributed by atoms with E-state index in [4.69, 9.17) is 4.74 Å². The average molecular weight is 210 g/mol. The number of methoxy groups -OCH3 is 1. The second-order valence-electron chi connectivity index (χ2n) is 2.72. The molecule has 4 nitrogen and oxygen atoms in total. The lowest BCUT2D eigenvalue weighted by molar-refractivity contribution is -0.120. The number of carbonyl (C=O) groups is 1. The zero-order valence-electron chi connectivity index (χ0n) is 8.19. The van der Waals surface area contributed by atoms with Gasteiger partial charge in [0.1, 0.15) is 0 Å². The summed E-state index contributed by atoms with van der Waals surface area (Å²) in [7, 11) is 1.58. The first-order valence-electron chi connectivity index (χ1n) is 4.41. The first-order valence-corrected chi connectivity index (χ1v) is 4.41. The monoisotopic (exact) mass is 210 g/mol. The predicted octanol–water partition coefficient (Wildman–Crippen LogP) is -0.00620. The summed E-state index contributed by atoms with van der Waals surface area (Å²) in [5.41, 5.74) is 0. The van der Waals surface area contributed by atoms with Crippen molar-refractivity contribution in [3.05, 3.63) is 0 Å². The zero-order valence-corrected chi connectivity index (χ0v) is 8.19. The first kappa shape index (κ1) is 13.2. The molecule has 0 aromatic carbocycles. The normalized spacial score (nSPS) is 10.6. The molecule has 0 saturated carbocycles. The predicted molar refractivity (Wildman–Crippen MR) is 48.4 cm³/mol. The third-order valence-corrected chi connectivity index (χ3v) is 1.43. The third kappa shape index (κ3) is 9.34. The van der Waals surface area contributed by atoms with E-state index in [1.54, 1.807) is 7.11 Å². The minimum atomic E-state index is -2.42. The first-order chi connectivity index (χ1) is 6.66. The molecule has 1 amide bonds. The number of carbonyl (C=O) groups excluding carboxylic acids is 1. The Balaban J connectivity index is 3.20. The summed E-state index contributed by atoms with van der Waals surface area (Å²) < 4.78 is 28.0. The molecule has 84 valence electrons. The fourth-order valence-corrected chi connectivity index (χ4v) is 0.802. The molecular weight excluding hydrogens is 194 g/mol. The summed E-state index contributed by atoms with van der Waals surface area (Å²) in [6.45, 7) is 0.552. The molecule has 0 aliphatic carbocycles. The van der Waals surface area contributed by atoms with Crippen LogP contribution >= 0.6 is 0 Å². The van der Waals surface area contributed by atoms with E-state index < -0.39 is 13.0 Å². The molecule has 0 aromatic rings. The standard InChI is InChI=1S/C8H16F2N2O2/c1-14-4-2-3-12-8(13)6-11-5-7(9)10/h7,11H,2-6H2,1H3,(H,12,13). The number of amides is 1. The Morgan fingerprint density at radius 1 is 1.50 bits per heavy atom. The second kappa shape index (κ2) is 8.83. The Morgan fingerprint density at radius 2 is 2.21 bits per heavy atom. The van der Waals surface area contributed by atoms with Gasteiger partial charge in [-0.05, 0) is 6.42 Å². The highest BCUT2D eigenvalue weighted by molar-refractivity contribution is 5.77. The number of hydrogen-bond acceptors (Lipinski definition) is 3. The van der Waals surface area contributed by atoms with Crippen LogP contribution in [0.25, 0.3) is 0 Å². The van der Waals surface area contributed by atoms with Gasteiger partial charge in [0.2, 0.25) is 5.91 Å². The molecular formula is C8H16F2N2O2. The third-order valence-electron chi connectivity index (χ3n) is 1.43. The molecule has 0 bridgehead atoms. The lowest BCUT2D eigenvalue weighted by Crippen LogP contribution is -2.36. The summed E-state index contributed by atoms with van der Waals surface area (Å²) in [5, 5.41) is 4.90. The van der Waals surface area contributed by atoms with Gasteiger partial charge >= 0.3 is 0 Å². The molecule has 0 fully saturated rings. The lowest BCUT2D eigenvalue weighted by Gasteiger charge is -2.05. The molecule has 0 atom stereocenters. The van der Waals surface area contributed by atoms with Crippen LogP contribution in [0.4, 0.5) is 8.78 Å². The van der Waals surface area contributed by atoms with Crippen molar-refractivity contribution in [3.63, 3.8) is 0 Å². The molecule has 6 heteroatoms. The lowest BCUT2D eigenvalue weighted by atomic mass is 10.4. The van der Waals surface area contributed by atoms with Crippen molar-refractivity contribution >= 4 is 5.91 Å². The van der Waals surface area contributed by atoms with E-state index >= 15 is 0 Å². The Hall–Kier alpha value is -0.750. The van der Waals surface area contributed by atoms with Crippen LogP contribution < -0.4 is 10.6 Å². The Bertz CT molecular complexity index is 156. The maximum Gasteiger partial charge on any atom is 0.250 e. The van der Waals surface area contributed by atoms with E-state index in [-0.39, 0.29) is 12.5 Å². The number of halogens is 2. The maximum atomic E-state index is 11.6. The zero-order chi connectivity index (χ0) is 10.8. The topological polar surface area (TPSA) is 50.4 Å². The largest absolute Gasteiger partial charge is 0.385 e. The van der Waals surface area contributed by atoms with E-state index in [1.807, 2.05) is 0 Å². The molecule has 0 aliphatic heterocycles. The Labute approximate surface area is 82.0 Å². The highest BCUT2D eigenvalue weighted by atomic mass is 19.3. The van der Waals surface area contributed by atoms with Crippen LogP contribution in [0.5, 0.6) is 0 Å². The highest BCUT2D eigenvalue weighted by Gasteiger charge is 2.03. The van der Waals surface area contributed by atoms with Gasteiger partial charge in [-0.3, -0.25) is 4.79 Å². The molecule has 2 N–H and O–H groups in total. The fourth-order valence-electron chi connectivity index (χ4n) is 0.802. The molecule has 0 rings (SSSR count). The van der Waals surface area contributed by atoms with Crippen LogP contribution in [0.3, 0.4) is 0 Å². The minimum Gasteiger partial charge on any atom is -0.385 e. The van der Waals surface area contributed by atoms with Crippen molar-refractivity contribution in [3.8, 4) is 0 Å². The summed E-state index contributed by atoms with van der Waals surface area (Å²) in [4.78, 5) is 10.9. The van der Waals surface area contributed by atoms with Crippen LogP contribution in [0, 0.1) is 0 Å². The van der Waals surface area contributed by atoms with Gasteiger partial charge in [-0.25, -0.2) is 8.78 Å². The van der Waals surface area contributed by atoms with Crippen molar-refractivity contribution in [2.45, 2.75) is 12.8 Å². The second-order valence-corrected chi connectivity index (χ2v) is 2.72. The van der Waals surface area contributed by atoms with Gasteiger partial charge in [0.05, 0.1) is 13.1 Å². The van der Waals surface area contributed by atoms with Gasteiger partial charge in [0.15, 0.2) is 0 Å². The summed E-state index contributed by atoms with van der Waals surface area (Å²) in [6.07, 6.45) is -1.70. The number of ether oxygens (including phenoxy) is 1. The molecule has 0 heterocycles. The number of rotatable bonds is 8. The smallest absolute Gasteiger partial charge is 0.250 e. The quantitative estimate of drug-likeness (QED) is 0.554. The fraction of sp³-hybridized carbons (Fsp3) is 0.875. The van der Waals surface area contributed by atoms with Crippen LogP contribution in [-0.4, -0.2) is 45.7 Å². The van der Waals surface area contributed by atoms with Crippen LogP contribution in [0.15, 0.2) is 0 Å². The van der Waals surface area contributed by atoms with E-state index in [9.17, 15) is 13.6 Å². The van der Waals surface area contributed by atoms with Crippen LogP contribution in [0.2, 0.25) is 0 Å². The van der Waals surface area contributed by atoms with Crippen molar-refractivity contribution < 1.29 is 18.3 Å². The van der Waals surface area contributed by atoms with E-state index in [1.165, 1.54) is 0 Å². The molecule has 0 saturated heterocycles. The summed E-state index contributed by atoms with van der Waals surface area (Å²) >= 11 is 0.